The van der Waals surface area contributed by atoms with Crippen LogP contribution in [0.15, 0.2) is 11.1 Å². The van der Waals surface area contributed by atoms with Gasteiger partial charge < -0.3 is 0 Å². The molecule has 3 nitrogen and oxygen atoms in total. The second kappa shape index (κ2) is 5.48. The lowest BCUT2D eigenvalue weighted by Gasteiger charge is -2.05. The van der Waals surface area contributed by atoms with Gasteiger partial charge in [0.15, 0.2) is 0 Å². The van der Waals surface area contributed by atoms with Gasteiger partial charge in [-0.05, 0) is 35.9 Å². The van der Waals surface area contributed by atoms with Gasteiger partial charge in [0.05, 0.1) is 15.6 Å². The fraction of sp³-hybridized carbons (Fsp3) is 0.600. The zero-order valence-electron chi connectivity index (χ0n) is 8.59. The van der Waals surface area contributed by atoms with Gasteiger partial charge in [-0.25, -0.2) is 4.98 Å². The van der Waals surface area contributed by atoms with Gasteiger partial charge in [-0.15, -0.1) is 0 Å². The molecule has 0 radical (unpaired) electrons. The highest BCUT2D eigenvalue weighted by Gasteiger charge is 2.04. The molecule has 0 saturated carbocycles. The van der Waals surface area contributed by atoms with Gasteiger partial charge in [-0.1, -0.05) is 19.8 Å². The quantitative estimate of drug-likeness (QED) is 0.632. The van der Waals surface area contributed by atoms with E-state index in [9.17, 15) is 4.79 Å². The predicted octanol–water partition coefficient (Wildman–Crippen LogP) is 2.35. The third-order valence-corrected chi connectivity index (χ3v) is 3.40. The maximum Gasteiger partial charge on any atom is 0.266 e. The van der Waals surface area contributed by atoms with E-state index in [1.807, 2.05) is 6.92 Å². The van der Waals surface area contributed by atoms with Crippen LogP contribution in [0.25, 0.3) is 0 Å². The van der Waals surface area contributed by atoms with Crippen molar-refractivity contribution in [2.24, 2.45) is 0 Å². The maximum atomic E-state index is 11.7. The second-order valence-electron chi connectivity index (χ2n) is 3.35. The summed E-state index contributed by atoms with van der Waals surface area (Å²) >= 11 is 2.06. The average molecular weight is 306 g/mol. The average Bonchev–Trinajstić information content (AvgIpc) is 2.18. The Balaban J connectivity index is 2.79. The summed E-state index contributed by atoms with van der Waals surface area (Å²) in [5, 5.41) is 0. The topological polar surface area (TPSA) is 34.9 Å². The van der Waals surface area contributed by atoms with E-state index in [1.165, 1.54) is 6.42 Å². The molecular formula is C10H15IN2O. The van der Waals surface area contributed by atoms with Gasteiger partial charge in [0, 0.05) is 6.54 Å². The SMILES string of the molecule is CCCCCn1cnc(C)c(I)c1=O. The van der Waals surface area contributed by atoms with Crippen LogP contribution in [0.2, 0.25) is 0 Å². The van der Waals surface area contributed by atoms with Crippen molar-refractivity contribution in [3.05, 3.63) is 25.9 Å². The molecule has 1 aromatic rings. The first-order chi connectivity index (χ1) is 6.66. The van der Waals surface area contributed by atoms with Crippen molar-refractivity contribution in [1.29, 1.82) is 0 Å². The molecule has 0 atom stereocenters. The molecule has 4 heteroatoms. The highest BCUT2D eigenvalue weighted by atomic mass is 127. The Morgan fingerprint density at radius 2 is 2.21 bits per heavy atom. The summed E-state index contributed by atoms with van der Waals surface area (Å²) in [6, 6.07) is 0. The Morgan fingerprint density at radius 1 is 1.50 bits per heavy atom. The fourth-order valence-corrected chi connectivity index (χ4v) is 1.69. The van der Waals surface area contributed by atoms with E-state index in [2.05, 4.69) is 34.5 Å². The first-order valence-electron chi connectivity index (χ1n) is 4.88. The molecule has 0 unspecified atom stereocenters. The number of hydrogen-bond donors (Lipinski definition) is 0. The number of unbranched alkanes of at least 4 members (excludes halogenated alkanes) is 2. The summed E-state index contributed by atoms with van der Waals surface area (Å²) in [4.78, 5) is 15.9. The van der Waals surface area contributed by atoms with Crippen LogP contribution in [0, 0.1) is 10.5 Å². The van der Waals surface area contributed by atoms with Gasteiger partial charge in [-0.2, -0.15) is 0 Å². The van der Waals surface area contributed by atoms with Gasteiger partial charge in [0.2, 0.25) is 0 Å². The molecule has 0 bridgehead atoms. The zero-order valence-corrected chi connectivity index (χ0v) is 10.7. The van der Waals surface area contributed by atoms with Crippen molar-refractivity contribution in [2.45, 2.75) is 39.7 Å². The Kier molecular flexibility index (Phi) is 4.57. The first-order valence-corrected chi connectivity index (χ1v) is 5.96. The van der Waals surface area contributed by atoms with Gasteiger partial charge in [-0.3, -0.25) is 9.36 Å². The van der Waals surface area contributed by atoms with E-state index in [1.54, 1.807) is 10.9 Å². The van der Waals surface area contributed by atoms with Crippen LogP contribution in [-0.4, -0.2) is 9.55 Å². The van der Waals surface area contributed by atoms with Crippen LogP contribution < -0.4 is 5.56 Å². The molecule has 0 amide bonds. The Bertz CT molecular complexity index is 360. The minimum atomic E-state index is 0.0919. The number of halogens is 1. The molecule has 1 heterocycles. The molecule has 0 saturated heterocycles. The van der Waals surface area contributed by atoms with Crippen LogP contribution in [0.1, 0.15) is 31.9 Å². The smallest absolute Gasteiger partial charge is 0.266 e. The number of aromatic nitrogens is 2. The third-order valence-electron chi connectivity index (χ3n) is 2.16. The number of rotatable bonds is 4. The summed E-state index contributed by atoms with van der Waals surface area (Å²) < 4.78 is 2.44. The summed E-state index contributed by atoms with van der Waals surface area (Å²) in [6.07, 6.45) is 5.04. The van der Waals surface area contributed by atoms with E-state index >= 15 is 0 Å². The lowest BCUT2D eigenvalue weighted by molar-refractivity contribution is 0.576. The van der Waals surface area contributed by atoms with E-state index in [-0.39, 0.29) is 5.56 Å². The van der Waals surface area contributed by atoms with Gasteiger partial charge in [0.1, 0.15) is 0 Å². The largest absolute Gasteiger partial charge is 0.298 e. The molecule has 1 aromatic heterocycles. The highest BCUT2D eigenvalue weighted by molar-refractivity contribution is 14.1. The molecule has 0 aromatic carbocycles. The minimum Gasteiger partial charge on any atom is -0.298 e. The molecule has 0 N–H and O–H groups in total. The lowest BCUT2D eigenvalue weighted by Crippen LogP contribution is -2.24. The predicted molar refractivity (Wildman–Crippen MR) is 65.5 cm³/mol. The van der Waals surface area contributed by atoms with Crippen LogP contribution in [0.4, 0.5) is 0 Å². The van der Waals surface area contributed by atoms with Crippen molar-refractivity contribution < 1.29 is 0 Å². The van der Waals surface area contributed by atoms with E-state index < -0.39 is 0 Å². The molecule has 14 heavy (non-hydrogen) atoms. The monoisotopic (exact) mass is 306 g/mol. The fourth-order valence-electron chi connectivity index (χ4n) is 1.24. The van der Waals surface area contributed by atoms with E-state index in [0.29, 0.717) is 0 Å². The van der Waals surface area contributed by atoms with Crippen molar-refractivity contribution in [2.75, 3.05) is 0 Å². The lowest BCUT2D eigenvalue weighted by atomic mass is 10.2. The van der Waals surface area contributed by atoms with Crippen LogP contribution in [-0.2, 0) is 6.54 Å². The van der Waals surface area contributed by atoms with Crippen LogP contribution in [0.5, 0.6) is 0 Å². The molecule has 78 valence electrons. The normalized spacial score (nSPS) is 10.5. The summed E-state index contributed by atoms with van der Waals surface area (Å²) in [7, 11) is 0. The standard InChI is InChI=1S/C10H15IN2O/c1-3-4-5-6-13-7-12-8(2)9(11)10(13)14/h7H,3-6H2,1-2H3. The number of aryl methyl sites for hydroxylation is 2. The third kappa shape index (κ3) is 2.80. The van der Waals surface area contributed by atoms with Crippen molar-refractivity contribution >= 4 is 22.6 Å². The number of hydrogen-bond acceptors (Lipinski definition) is 2. The zero-order chi connectivity index (χ0) is 10.6. The first kappa shape index (κ1) is 11.7. The Hall–Kier alpha value is -0.390. The van der Waals surface area contributed by atoms with Crippen molar-refractivity contribution in [3.63, 3.8) is 0 Å². The van der Waals surface area contributed by atoms with E-state index in [4.69, 9.17) is 0 Å². The molecule has 0 fully saturated rings. The number of nitrogens with zero attached hydrogens (tertiary/aromatic N) is 2. The summed E-state index contributed by atoms with van der Waals surface area (Å²) in [5.74, 6) is 0. The van der Waals surface area contributed by atoms with Gasteiger partial charge >= 0.3 is 0 Å². The van der Waals surface area contributed by atoms with Crippen LogP contribution in [0.3, 0.4) is 0 Å². The van der Waals surface area contributed by atoms with Crippen molar-refractivity contribution in [3.8, 4) is 0 Å². The molecule has 0 aliphatic rings. The Morgan fingerprint density at radius 3 is 2.86 bits per heavy atom. The molecule has 1 rings (SSSR count). The van der Waals surface area contributed by atoms with Crippen LogP contribution >= 0.6 is 22.6 Å². The molecule has 0 aliphatic heterocycles. The summed E-state index contributed by atoms with van der Waals surface area (Å²) in [5.41, 5.74) is 0.913. The minimum absolute atomic E-state index is 0.0919. The summed E-state index contributed by atoms with van der Waals surface area (Å²) in [6.45, 7) is 4.80. The molecular weight excluding hydrogens is 291 g/mol. The van der Waals surface area contributed by atoms with E-state index in [0.717, 1.165) is 28.7 Å². The molecule has 0 spiro atoms. The second-order valence-corrected chi connectivity index (χ2v) is 4.43. The Labute approximate surface area is 97.7 Å². The maximum absolute atomic E-state index is 11.7. The van der Waals surface area contributed by atoms with Crippen molar-refractivity contribution in [1.82, 2.24) is 9.55 Å². The van der Waals surface area contributed by atoms with Gasteiger partial charge in [0.25, 0.3) is 5.56 Å². The molecule has 0 aliphatic carbocycles. The highest BCUT2D eigenvalue weighted by Crippen LogP contribution is 2.02.